The molecule has 18 heavy (non-hydrogen) atoms. The molecule has 0 spiro atoms. The molecule has 1 aromatic rings. The van der Waals surface area contributed by atoms with Crippen LogP contribution in [0.2, 0.25) is 38.3 Å². The number of aryl methyl sites for hydroxylation is 1. The van der Waals surface area contributed by atoms with E-state index in [0.717, 1.165) is 6.42 Å². The summed E-state index contributed by atoms with van der Waals surface area (Å²) in [7, 11) is -2.49. The molecule has 0 bridgehead atoms. The van der Waals surface area contributed by atoms with E-state index >= 15 is 0 Å². The maximum absolute atomic E-state index is 9.58. The van der Waals surface area contributed by atoms with E-state index in [9.17, 15) is 5.11 Å². The van der Waals surface area contributed by atoms with Gasteiger partial charge in [0, 0.05) is 0 Å². The first-order chi connectivity index (χ1) is 8.31. The van der Waals surface area contributed by atoms with Crippen LogP contribution >= 0.6 is 0 Å². The van der Waals surface area contributed by atoms with Crippen molar-refractivity contribution in [2.24, 2.45) is 0 Å². The molecule has 100 valence electrons. The lowest BCUT2D eigenvalue weighted by Crippen LogP contribution is -2.63. The van der Waals surface area contributed by atoms with Crippen molar-refractivity contribution in [3.8, 4) is 0 Å². The Morgan fingerprint density at radius 2 is 1.39 bits per heavy atom. The molecule has 1 aliphatic rings. The third-order valence-corrected chi connectivity index (χ3v) is 12.2. The lowest BCUT2D eigenvalue weighted by atomic mass is 10.1. The first-order valence-corrected chi connectivity index (χ1v) is 13.5. The van der Waals surface area contributed by atoms with E-state index in [1.54, 1.807) is 10.4 Å². The minimum absolute atomic E-state index is 0.197. The predicted molar refractivity (Wildman–Crippen MR) is 85.6 cm³/mol. The predicted octanol–water partition coefficient (Wildman–Crippen LogP) is 2.59. The van der Waals surface area contributed by atoms with E-state index in [0.29, 0.717) is 0 Å². The number of rotatable bonds is 2. The van der Waals surface area contributed by atoms with Gasteiger partial charge in [-0.3, -0.25) is 0 Å². The molecular formula is C15H26OSi2. The van der Waals surface area contributed by atoms with Crippen molar-refractivity contribution >= 4 is 26.5 Å². The number of benzene rings is 1. The molecule has 1 aliphatic heterocycles. The highest BCUT2D eigenvalue weighted by Gasteiger charge is 2.39. The standard InChI is InChI=1S/C15H26OSi2/c1-6-12-9-14-15(10-13(12)11-16)18(4,5)8-7-17(14,2)3/h9-10,16H,6-8,11H2,1-5H3. The summed E-state index contributed by atoms with van der Waals surface area (Å²) < 4.78 is 0. The van der Waals surface area contributed by atoms with Gasteiger partial charge in [0.25, 0.3) is 0 Å². The zero-order valence-corrected chi connectivity index (χ0v) is 14.4. The largest absolute Gasteiger partial charge is 0.392 e. The molecule has 1 nitrogen and oxygen atoms in total. The zero-order valence-electron chi connectivity index (χ0n) is 12.4. The molecule has 1 heterocycles. The average molecular weight is 279 g/mol. The van der Waals surface area contributed by atoms with Crippen LogP contribution in [0.5, 0.6) is 0 Å². The molecule has 2 rings (SSSR count). The van der Waals surface area contributed by atoms with Crippen LogP contribution in [0.25, 0.3) is 0 Å². The Labute approximate surface area is 113 Å². The van der Waals surface area contributed by atoms with Crippen molar-refractivity contribution in [2.75, 3.05) is 0 Å². The Hall–Kier alpha value is -0.386. The molecular weight excluding hydrogens is 252 g/mol. The minimum atomic E-state index is -1.26. The fourth-order valence-corrected chi connectivity index (χ4v) is 13.5. The summed E-state index contributed by atoms with van der Waals surface area (Å²) in [5, 5.41) is 12.9. The third kappa shape index (κ3) is 2.24. The van der Waals surface area contributed by atoms with Crippen molar-refractivity contribution in [3.05, 3.63) is 23.3 Å². The molecule has 3 heteroatoms. The molecule has 1 N–H and O–H groups in total. The van der Waals surface area contributed by atoms with Crippen LogP contribution in [0, 0.1) is 0 Å². The van der Waals surface area contributed by atoms with Gasteiger partial charge in [0.05, 0.1) is 22.8 Å². The molecule has 0 fully saturated rings. The number of aliphatic hydroxyl groups is 1. The van der Waals surface area contributed by atoms with E-state index in [1.807, 2.05) is 0 Å². The normalized spacial score (nSPS) is 20.6. The monoisotopic (exact) mass is 278 g/mol. The second-order valence-electron chi connectivity index (χ2n) is 6.95. The Balaban J connectivity index is 2.68. The zero-order chi connectivity index (χ0) is 13.6. The van der Waals surface area contributed by atoms with E-state index in [1.165, 1.54) is 23.2 Å². The first kappa shape index (κ1) is 14.0. The van der Waals surface area contributed by atoms with E-state index in [2.05, 4.69) is 45.2 Å². The van der Waals surface area contributed by atoms with Gasteiger partial charge < -0.3 is 5.11 Å². The maximum Gasteiger partial charge on any atom is 0.0802 e. The lowest BCUT2D eigenvalue weighted by Gasteiger charge is -2.40. The highest BCUT2D eigenvalue weighted by Crippen LogP contribution is 2.27. The van der Waals surface area contributed by atoms with Crippen LogP contribution in [-0.2, 0) is 13.0 Å². The van der Waals surface area contributed by atoms with Crippen molar-refractivity contribution < 1.29 is 5.11 Å². The molecule has 0 aromatic heterocycles. The van der Waals surface area contributed by atoms with Crippen molar-refractivity contribution in [1.82, 2.24) is 0 Å². The Kier molecular flexibility index (Phi) is 3.60. The van der Waals surface area contributed by atoms with Gasteiger partial charge in [-0.1, -0.05) is 67.7 Å². The fourth-order valence-electron chi connectivity index (χ4n) is 3.18. The van der Waals surface area contributed by atoms with Crippen LogP contribution < -0.4 is 10.4 Å². The fraction of sp³-hybridized carbons (Fsp3) is 0.600. The smallest absolute Gasteiger partial charge is 0.0802 e. The Morgan fingerprint density at radius 1 is 0.944 bits per heavy atom. The van der Waals surface area contributed by atoms with E-state index < -0.39 is 16.1 Å². The van der Waals surface area contributed by atoms with Gasteiger partial charge in [-0.05, 0) is 17.5 Å². The van der Waals surface area contributed by atoms with Crippen LogP contribution in [0.1, 0.15) is 18.1 Å². The average Bonchev–Trinajstić information content (AvgIpc) is 2.33. The number of hydrogen-bond donors (Lipinski definition) is 1. The summed E-state index contributed by atoms with van der Waals surface area (Å²) in [6.07, 6.45) is 1.04. The topological polar surface area (TPSA) is 20.2 Å². The number of hydrogen-bond acceptors (Lipinski definition) is 1. The number of aliphatic hydroxyl groups excluding tert-OH is 1. The van der Waals surface area contributed by atoms with Gasteiger partial charge >= 0.3 is 0 Å². The van der Waals surface area contributed by atoms with Crippen LogP contribution in [0.15, 0.2) is 12.1 Å². The summed E-state index contributed by atoms with van der Waals surface area (Å²) in [6, 6.07) is 7.67. The van der Waals surface area contributed by atoms with Crippen LogP contribution in [-0.4, -0.2) is 21.3 Å². The lowest BCUT2D eigenvalue weighted by molar-refractivity contribution is 0.281. The van der Waals surface area contributed by atoms with Crippen molar-refractivity contribution in [1.29, 1.82) is 0 Å². The molecule has 1 aromatic carbocycles. The van der Waals surface area contributed by atoms with E-state index in [4.69, 9.17) is 0 Å². The maximum atomic E-state index is 9.58. The van der Waals surface area contributed by atoms with Crippen molar-refractivity contribution in [2.45, 2.75) is 58.2 Å². The van der Waals surface area contributed by atoms with Crippen LogP contribution in [0.3, 0.4) is 0 Å². The summed E-state index contributed by atoms with van der Waals surface area (Å²) in [6.45, 7) is 12.4. The summed E-state index contributed by atoms with van der Waals surface area (Å²) in [5.41, 5.74) is 2.53. The molecule has 0 radical (unpaired) electrons. The van der Waals surface area contributed by atoms with Gasteiger partial charge in [-0.25, -0.2) is 0 Å². The van der Waals surface area contributed by atoms with Gasteiger partial charge in [0.2, 0.25) is 0 Å². The first-order valence-electron chi connectivity index (χ1n) is 7.09. The summed E-state index contributed by atoms with van der Waals surface area (Å²) >= 11 is 0. The van der Waals surface area contributed by atoms with E-state index in [-0.39, 0.29) is 6.61 Å². The van der Waals surface area contributed by atoms with Gasteiger partial charge in [0.1, 0.15) is 0 Å². The SMILES string of the molecule is CCc1cc2c(cc1CO)[Si](C)(C)CC[Si]2(C)C. The second kappa shape index (κ2) is 4.62. The minimum Gasteiger partial charge on any atom is -0.392 e. The van der Waals surface area contributed by atoms with Gasteiger partial charge in [0.15, 0.2) is 0 Å². The number of fused-ring (bicyclic) bond motifs is 1. The summed E-state index contributed by atoms with van der Waals surface area (Å²) in [5.74, 6) is 0. The Bertz CT molecular complexity index is 421. The molecule has 0 unspecified atom stereocenters. The molecule has 0 aliphatic carbocycles. The molecule has 0 atom stereocenters. The quantitative estimate of drug-likeness (QED) is 0.825. The highest BCUT2D eigenvalue weighted by atomic mass is 28.3. The second-order valence-corrected chi connectivity index (χ2v) is 16.6. The van der Waals surface area contributed by atoms with Crippen LogP contribution in [0.4, 0.5) is 0 Å². The molecule has 0 saturated carbocycles. The molecule has 0 amide bonds. The third-order valence-electron chi connectivity index (χ3n) is 4.72. The van der Waals surface area contributed by atoms with Crippen molar-refractivity contribution in [3.63, 3.8) is 0 Å². The Morgan fingerprint density at radius 3 is 1.78 bits per heavy atom. The molecule has 0 saturated heterocycles. The van der Waals surface area contributed by atoms with Gasteiger partial charge in [-0.2, -0.15) is 0 Å². The highest BCUT2D eigenvalue weighted by molar-refractivity contribution is 7.03. The van der Waals surface area contributed by atoms with Gasteiger partial charge in [-0.15, -0.1) is 0 Å². The summed E-state index contributed by atoms with van der Waals surface area (Å²) in [4.78, 5) is 0.